The van der Waals surface area contributed by atoms with E-state index in [0.29, 0.717) is 17.5 Å². The minimum absolute atomic E-state index is 0.151. The number of benzene rings is 1. The van der Waals surface area contributed by atoms with Crippen LogP contribution in [0.3, 0.4) is 0 Å². The summed E-state index contributed by atoms with van der Waals surface area (Å²) in [6, 6.07) is 1.10. The van der Waals surface area contributed by atoms with E-state index in [1.165, 1.54) is 19.9 Å². The number of aliphatic carboxylic acids is 1. The van der Waals surface area contributed by atoms with Gasteiger partial charge in [0.1, 0.15) is 6.04 Å². The number of aryl methyl sites for hydroxylation is 2. The molecule has 9 heteroatoms. The average Bonchev–Trinajstić information content (AvgIpc) is 2.42. The third-order valence-corrected chi connectivity index (χ3v) is 5.04. The van der Waals surface area contributed by atoms with Crippen molar-refractivity contribution in [2.24, 2.45) is 0 Å². The number of sulfonamides is 1. The van der Waals surface area contributed by atoms with Crippen molar-refractivity contribution in [3.8, 4) is 0 Å². The minimum atomic E-state index is -4.17. The van der Waals surface area contributed by atoms with Crippen LogP contribution >= 0.6 is 0 Å². The first-order chi connectivity index (χ1) is 10.6. The Morgan fingerprint density at radius 1 is 1.35 bits per heavy atom. The molecule has 0 aromatic heterocycles. The standard InChI is InChI=1S/C14H20N2O6S/c1-4-5-6-11(14(17)18)15-23(21,22)13-8-12(16(19)20)9(2)7-10(13)3/h7-8,11,15H,4-6H2,1-3H3,(H,17,18)/t11-/m0/s1. The number of hydrogen-bond donors (Lipinski definition) is 2. The molecule has 1 rings (SSSR count). The predicted octanol–water partition coefficient (Wildman–Crippen LogP) is 2.13. The second-order valence-corrected chi connectivity index (χ2v) is 7.00. The first-order valence-electron chi connectivity index (χ1n) is 7.11. The van der Waals surface area contributed by atoms with E-state index in [9.17, 15) is 23.3 Å². The van der Waals surface area contributed by atoms with Gasteiger partial charge in [0.2, 0.25) is 10.0 Å². The van der Waals surface area contributed by atoms with E-state index in [1.807, 2.05) is 6.92 Å². The van der Waals surface area contributed by atoms with Gasteiger partial charge < -0.3 is 5.11 Å². The van der Waals surface area contributed by atoms with Gasteiger partial charge >= 0.3 is 5.97 Å². The van der Waals surface area contributed by atoms with Crippen LogP contribution in [0, 0.1) is 24.0 Å². The Kier molecular flexibility index (Phi) is 6.22. The molecule has 2 N–H and O–H groups in total. The zero-order valence-electron chi connectivity index (χ0n) is 13.2. The molecule has 0 saturated heterocycles. The maximum absolute atomic E-state index is 12.4. The van der Waals surface area contributed by atoms with Crippen LogP contribution in [0.4, 0.5) is 5.69 Å². The molecular weight excluding hydrogens is 324 g/mol. The fourth-order valence-electron chi connectivity index (χ4n) is 2.20. The van der Waals surface area contributed by atoms with Crippen LogP contribution in [0.5, 0.6) is 0 Å². The second-order valence-electron chi connectivity index (χ2n) is 5.32. The maximum atomic E-state index is 12.4. The molecule has 0 aliphatic heterocycles. The van der Waals surface area contributed by atoms with E-state index >= 15 is 0 Å². The van der Waals surface area contributed by atoms with Gasteiger partial charge in [-0.25, -0.2) is 8.42 Å². The number of nitrogens with zero attached hydrogens (tertiary/aromatic N) is 1. The molecule has 0 spiro atoms. The van der Waals surface area contributed by atoms with Crippen LogP contribution < -0.4 is 4.72 Å². The van der Waals surface area contributed by atoms with Gasteiger partial charge in [0.25, 0.3) is 5.69 Å². The number of nitro groups is 1. The van der Waals surface area contributed by atoms with Gasteiger partial charge in [-0.2, -0.15) is 4.72 Å². The number of carboxylic acids is 1. The van der Waals surface area contributed by atoms with Crippen molar-refractivity contribution in [3.05, 3.63) is 33.4 Å². The molecule has 0 bridgehead atoms. The summed E-state index contributed by atoms with van der Waals surface area (Å²) in [5.74, 6) is -1.28. The highest BCUT2D eigenvalue weighted by molar-refractivity contribution is 7.89. The Labute approximate surface area is 134 Å². The molecule has 0 fully saturated rings. The summed E-state index contributed by atoms with van der Waals surface area (Å²) in [7, 11) is -4.17. The number of carbonyl (C=O) groups is 1. The molecule has 1 aromatic carbocycles. The maximum Gasteiger partial charge on any atom is 0.321 e. The summed E-state index contributed by atoms with van der Waals surface area (Å²) >= 11 is 0. The fraction of sp³-hybridized carbons (Fsp3) is 0.500. The summed E-state index contributed by atoms with van der Waals surface area (Å²) in [6.45, 7) is 4.88. The minimum Gasteiger partial charge on any atom is -0.480 e. The van der Waals surface area contributed by atoms with Gasteiger partial charge in [-0.05, 0) is 31.9 Å². The second kappa shape index (κ2) is 7.51. The van der Waals surface area contributed by atoms with Crippen LogP contribution in [0.2, 0.25) is 0 Å². The molecule has 0 heterocycles. The van der Waals surface area contributed by atoms with Crippen LogP contribution in [-0.2, 0) is 14.8 Å². The number of nitrogens with one attached hydrogen (secondary N) is 1. The lowest BCUT2D eigenvalue weighted by atomic mass is 10.1. The van der Waals surface area contributed by atoms with Crippen molar-refractivity contribution in [3.63, 3.8) is 0 Å². The van der Waals surface area contributed by atoms with Crippen molar-refractivity contribution < 1.29 is 23.2 Å². The van der Waals surface area contributed by atoms with Gasteiger partial charge in [0, 0.05) is 11.6 Å². The number of carboxylic acid groups (broad SMARTS) is 1. The van der Waals surface area contributed by atoms with Gasteiger partial charge in [-0.1, -0.05) is 19.8 Å². The zero-order valence-corrected chi connectivity index (χ0v) is 14.0. The Hall–Kier alpha value is -2.00. The Bertz CT molecular complexity index is 714. The molecule has 0 unspecified atom stereocenters. The van der Waals surface area contributed by atoms with Crippen molar-refractivity contribution in [2.75, 3.05) is 0 Å². The molecular formula is C14H20N2O6S. The van der Waals surface area contributed by atoms with E-state index in [1.54, 1.807) is 0 Å². The number of nitro benzene ring substituents is 1. The predicted molar refractivity (Wildman–Crippen MR) is 83.8 cm³/mol. The smallest absolute Gasteiger partial charge is 0.321 e. The van der Waals surface area contributed by atoms with Crippen LogP contribution in [0.25, 0.3) is 0 Å². The molecule has 0 aliphatic carbocycles. The molecule has 128 valence electrons. The van der Waals surface area contributed by atoms with E-state index in [2.05, 4.69) is 4.72 Å². The van der Waals surface area contributed by atoms with Gasteiger partial charge in [0.05, 0.1) is 9.82 Å². The van der Waals surface area contributed by atoms with Crippen LogP contribution in [0.1, 0.15) is 37.3 Å². The average molecular weight is 344 g/mol. The quantitative estimate of drug-likeness (QED) is 0.549. The van der Waals surface area contributed by atoms with Crippen molar-refractivity contribution in [1.29, 1.82) is 0 Å². The molecule has 1 aromatic rings. The highest BCUT2D eigenvalue weighted by atomic mass is 32.2. The van der Waals surface area contributed by atoms with Gasteiger partial charge in [0.15, 0.2) is 0 Å². The van der Waals surface area contributed by atoms with Gasteiger partial charge in [-0.15, -0.1) is 0 Å². The van der Waals surface area contributed by atoms with Crippen molar-refractivity contribution in [1.82, 2.24) is 4.72 Å². The van der Waals surface area contributed by atoms with E-state index in [4.69, 9.17) is 5.11 Å². The van der Waals surface area contributed by atoms with E-state index in [-0.39, 0.29) is 17.0 Å². The first kappa shape index (κ1) is 19.0. The summed E-state index contributed by atoms with van der Waals surface area (Å²) < 4.78 is 27.0. The topological polar surface area (TPSA) is 127 Å². The first-order valence-corrected chi connectivity index (χ1v) is 8.59. The van der Waals surface area contributed by atoms with Crippen molar-refractivity contribution >= 4 is 21.7 Å². The lowest BCUT2D eigenvalue weighted by Crippen LogP contribution is -2.40. The molecule has 1 atom stereocenters. The molecule has 23 heavy (non-hydrogen) atoms. The normalized spacial score (nSPS) is 12.8. The fourth-order valence-corrected chi connectivity index (χ4v) is 3.67. The lowest BCUT2D eigenvalue weighted by Gasteiger charge is -2.16. The molecule has 8 nitrogen and oxygen atoms in total. The summed E-state index contributed by atoms with van der Waals surface area (Å²) in [5, 5.41) is 20.1. The third kappa shape index (κ3) is 4.73. The van der Waals surface area contributed by atoms with Crippen LogP contribution in [-0.4, -0.2) is 30.5 Å². The highest BCUT2D eigenvalue weighted by Gasteiger charge is 2.28. The van der Waals surface area contributed by atoms with Gasteiger partial charge in [-0.3, -0.25) is 14.9 Å². The van der Waals surface area contributed by atoms with Crippen molar-refractivity contribution in [2.45, 2.75) is 51.0 Å². The highest BCUT2D eigenvalue weighted by Crippen LogP contribution is 2.26. The zero-order chi connectivity index (χ0) is 17.8. The largest absolute Gasteiger partial charge is 0.480 e. The van der Waals surface area contributed by atoms with Crippen LogP contribution in [0.15, 0.2) is 17.0 Å². The van der Waals surface area contributed by atoms with E-state index < -0.39 is 27.0 Å². The molecule has 0 amide bonds. The SMILES string of the molecule is CCCC[C@H](NS(=O)(=O)c1cc([N+](=O)[O-])c(C)cc1C)C(=O)O. The monoisotopic (exact) mass is 344 g/mol. The summed E-state index contributed by atoms with van der Waals surface area (Å²) in [4.78, 5) is 21.2. The van der Waals surface area contributed by atoms with E-state index in [0.717, 1.165) is 12.5 Å². The number of unbranched alkanes of at least 4 members (excludes halogenated alkanes) is 1. The Morgan fingerprint density at radius 2 is 1.96 bits per heavy atom. The Balaban J connectivity index is 3.24. The summed E-state index contributed by atoms with van der Waals surface area (Å²) in [5.41, 5.74) is 0.337. The number of rotatable bonds is 8. The third-order valence-electron chi connectivity index (χ3n) is 3.42. The summed E-state index contributed by atoms with van der Waals surface area (Å²) in [6.07, 6.45) is 1.42. The molecule has 0 aliphatic rings. The number of hydrogen-bond acceptors (Lipinski definition) is 5. The molecule has 0 saturated carbocycles. The molecule has 0 radical (unpaired) electrons. The Morgan fingerprint density at radius 3 is 2.43 bits per heavy atom. The lowest BCUT2D eigenvalue weighted by molar-refractivity contribution is -0.385.